The van der Waals surface area contributed by atoms with Crippen LogP contribution in [-0.2, 0) is 22.1 Å². The SMILES string of the molecule is COC(=O)[C@H](Cc1ccccc1Cl)NC(=O)c1ccccc1C(F)(F)F. The predicted octanol–water partition coefficient (Wildman–Crippen LogP) is 3.87. The van der Waals surface area contributed by atoms with Gasteiger partial charge in [0.05, 0.1) is 18.2 Å². The number of methoxy groups -OCH3 is 1. The Hall–Kier alpha value is -2.54. The molecule has 1 amide bonds. The Morgan fingerprint density at radius 1 is 1.12 bits per heavy atom. The number of ether oxygens (including phenoxy) is 1. The number of carbonyl (C=O) groups excluding carboxylic acids is 2. The summed E-state index contributed by atoms with van der Waals surface area (Å²) in [5.41, 5.74) is -1.11. The largest absolute Gasteiger partial charge is 0.467 e. The average Bonchev–Trinajstić information content (AvgIpc) is 2.61. The fourth-order valence-electron chi connectivity index (χ4n) is 2.38. The number of halogens is 4. The average molecular weight is 386 g/mol. The van der Waals surface area contributed by atoms with Crippen LogP contribution in [0.2, 0.25) is 5.02 Å². The van der Waals surface area contributed by atoms with E-state index in [-0.39, 0.29) is 6.42 Å². The normalized spacial score (nSPS) is 12.3. The van der Waals surface area contributed by atoms with Crippen LogP contribution in [0.4, 0.5) is 13.2 Å². The molecule has 0 spiro atoms. The van der Waals surface area contributed by atoms with Crippen LogP contribution < -0.4 is 5.32 Å². The Morgan fingerprint density at radius 2 is 1.73 bits per heavy atom. The molecule has 0 saturated heterocycles. The molecule has 0 heterocycles. The van der Waals surface area contributed by atoms with Gasteiger partial charge in [-0.3, -0.25) is 4.79 Å². The third kappa shape index (κ3) is 4.76. The van der Waals surface area contributed by atoms with Gasteiger partial charge in [0.1, 0.15) is 6.04 Å². The van der Waals surface area contributed by atoms with Gasteiger partial charge in [0.15, 0.2) is 0 Å². The van der Waals surface area contributed by atoms with E-state index in [0.29, 0.717) is 10.6 Å². The Labute approximate surface area is 152 Å². The van der Waals surface area contributed by atoms with Gasteiger partial charge in [-0.2, -0.15) is 13.2 Å². The van der Waals surface area contributed by atoms with Crippen LogP contribution in [0.5, 0.6) is 0 Å². The summed E-state index contributed by atoms with van der Waals surface area (Å²) >= 11 is 6.04. The van der Waals surface area contributed by atoms with E-state index < -0.39 is 35.2 Å². The molecule has 1 atom stereocenters. The maximum Gasteiger partial charge on any atom is 0.417 e. The molecule has 2 aromatic rings. The topological polar surface area (TPSA) is 55.4 Å². The number of alkyl halides is 3. The first-order valence-electron chi connectivity index (χ1n) is 7.52. The fourth-order valence-corrected chi connectivity index (χ4v) is 2.60. The minimum Gasteiger partial charge on any atom is -0.467 e. The zero-order valence-corrected chi connectivity index (χ0v) is 14.4. The van der Waals surface area contributed by atoms with E-state index in [2.05, 4.69) is 10.1 Å². The Kier molecular flexibility index (Phi) is 6.26. The predicted molar refractivity (Wildman–Crippen MR) is 89.9 cm³/mol. The van der Waals surface area contributed by atoms with E-state index in [9.17, 15) is 22.8 Å². The van der Waals surface area contributed by atoms with Gasteiger partial charge < -0.3 is 10.1 Å². The van der Waals surface area contributed by atoms with Crippen molar-refractivity contribution in [1.29, 1.82) is 0 Å². The van der Waals surface area contributed by atoms with Crippen molar-refractivity contribution in [1.82, 2.24) is 5.32 Å². The van der Waals surface area contributed by atoms with Crippen molar-refractivity contribution in [3.8, 4) is 0 Å². The van der Waals surface area contributed by atoms with Crippen molar-refractivity contribution >= 4 is 23.5 Å². The molecular formula is C18H15ClF3NO3. The molecule has 4 nitrogen and oxygen atoms in total. The summed E-state index contributed by atoms with van der Waals surface area (Å²) < 4.78 is 43.9. The second-order valence-electron chi connectivity index (χ2n) is 5.39. The van der Waals surface area contributed by atoms with E-state index in [1.807, 2.05) is 0 Å². The number of esters is 1. The summed E-state index contributed by atoms with van der Waals surface area (Å²) in [5.74, 6) is -1.82. The van der Waals surface area contributed by atoms with Crippen LogP contribution in [0.15, 0.2) is 48.5 Å². The number of hydrogen-bond donors (Lipinski definition) is 1. The highest BCUT2D eigenvalue weighted by Gasteiger charge is 2.35. The standard InChI is InChI=1S/C18H15ClF3NO3/c1-26-17(25)15(10-11-6-2-5-9-14(11)19)23-16(24)12-7-3-4-8-13(12)18(20,21)22/h2-9,15H,10H2,1H3,(H,23,24)/t15-/m0/s1. The number of carbonyl (C=O) groups is 2. The highest BCUT2D eigenvalue weighted by molar-refractivity contribution is 6.31. The van der Waals surface area contributed by atoms with Crippen LogP contribution in [0.3, 0.4) is 0 Å². The Bertz CT molecular complexity index is 808. The van der Waals surface area contributed by atoms with Crippen molar-refractivity contribution in [2.45, 2.75) is 18.6 Å². The van der Waals surface area contributed by atoms with E-state index in [1.54, 1.807) is 24.3 Å². The first kappa shape index (κ1) is 19.8. The zero-order valence-electron chi connectivity index (χ0n) is 13.6. The van der Waals surface area contributed by atoms with Gasteiger partial charge in [-0.05, 0) is 23.8 Å². The molecule has 8 heteroatoms. The molecule has 0 bridgehead atoms. The molecule has 0 unspecified atom stereocenters. The molecule has 2 rings (SSSR count). The highest BCUT2D eigenvalue weighted by Crippen LogP contribution is 2.31. The summed E-state index contributed by atoms with van der Waals surface area (Å²) in [6, 6.07) is 9.78. The minimum atomic E-state index is -4.70. The molecule has 2 aromatic carbocycles. The third-order valence-corrected chi connectivity index (χ3v) is 4.02. The van der Waals surface area contributed by atoms with Gasteiger partial charge >= 0.3 is 12.1 Å². The lowest BCUT2D eigenvalue weighted by Crippen LogP contribution is -2.43. The first-order chi connectivity index (χ1) is 12.2. The third-order valence-electron chi connectivity index (χ3n) is 3.65. The van der Waals surface area contributed by atoms with E-state index in [1.165, 1.54) is 12.1 Å². The number of hydrogen-bond acceptors (Lipinski definition) is 3. The molecule has 1 N–H and O–H groups in total. The molecule has 0 aromatic heterocycles. The van der Waals surface area contributed by atoms with Crippen LogP contribution in [0.25, 0.3) is 0 Å². The summed E-state index contributed by atoms with van der Waals surface area (Å²) in [6.07, 6.45) is -4.72. The zero-order chi connectivity index (χ0) is 19.3. The summed E-state index contributed by atoms with van der Waals surface area (Å²) in [4.78, 5) is 24.3. The summed E-state index contributed by atoms with van der Waals surface area (Å²) in [7, 11) is 1.12. The maximum absolute atomic E-state index is 13.1. The lowest BCUT2D eigenvalue weighted by atomic mass is 10.0. The molecule has 0 aliphatic heterocycles. The second-order valence-corrected chi connectivity index (χ2v) is 5.80. The second kappa shape index (κ2) is 8.23. The highest BCUT2D eigenvalue weighted by atomic mass is 35.5. The molecule has 26 heavy (non-hydrogen) atoms. The smallest absolute Gasteiger partial charge is 0.417 e. The van der Waals surface area contributed by atoms with Crippen LogP contribution in [0, 0.1) is 0 Å². The molecule has 0 fully saturated rings. The van der Waals surface area contributed by atoms with Crippen LogP contribution >= 0.6 is 11.6 Å². The van der Waals surface area contributed by atoms with Crippen molar-refractivity contribution in [3.63, 3.8) is 0 Å². The number of nitrogens with one attached hydrogen (secondary N) is 1. The molecule has 0 saturated carbocycles. The van der Waals surface area contributed by atoms with Crippen molar-refractivity contribution in [3.05, 3.63) is 70.2 Å². The molecule has 0 radical (unpaired) electrons. The molecule has 0 aliphatic rings. The van der Waals surface area contributed by atoms with Gasteiger partial charge in [-0.1, -0.05) is 41.9 Å². The van der Waals surface area contributed by atoms with E-state index in [0.717, 1.165) is 19.2 Å². The van der Waals surface area contributed by atoms with Crippen LogP contribution in [0.1, 0.15) is 21.5 Å². The van der Waals surface area contributed by atoms with Gasteiger partial charge in [0, 0.05) is 11.4 Å². The van der Waals surface area contributed by atoms with Crippen molar-refractivity contribution in [2.24, 2.45) is 0 Å². The molecule has 0 aliphatic carbocycles. The number of benzene rings is 2. The summed E-state index contributed by atoms with van der Waals surface area (Å²) in [5, 5.41) is 2.67. The van der Waals surface area contributed by atoms with Gasteiger partial charge in [0.2, 0.25) is 0 Å². The van der Waals surface area contributed by atoms with Gasteiger partial charge in [-0.15, -0.1) is 0 Å². The number of amides is 1. The Balaban J connectivity index is 2.28. The summed E-state index contributed by atoms with van der Waals surface area (Å²) in [6.45, 7) is 0. The lowest BCUT2D eigenvalue weighted by molar-refractivity contribution is -0.142. The Morgan fingerprint density at radius 3 is 2.35 bits per heavy atom. The van der Waals surface area contributed by atoms with Crippen molar-refractivity contribution in [2.75, 3.05) is 7.11 Å². The monoisotopic (exact) mass is 385 g/mol. The number of rotatable bonds is 5. The van der Waals surface area contributed by atoms with Gasteiger partial charge in [0.25, 0.3) is 5.91 Å². The lowest BCUT2D eigenvalue weighted by Gasteiger charge is -2.19. The van der Waals surface area contributed by atoms with Crippen LogP contribution in [-0.4, -0.2) is 25.0 Å². The maximum atomic E-state index is 13.1. The molecular weight excluding hydrogens is 371 g/mol. The van der Waals surface area contributed by atoms with Gasteiger partial charge in [-0.25, -0.2) is 4.79 Å². The fraction of sp³-hybridized carbons (Fsp3) is 0.222. The van der Waals surface area contributed by atoms with E-state index in [4.69, 9.17) is 11.6 Å². The first-order valence-corrected chi connectivity index (χ1v) is 7.90. The quantitative estimate of drug-likeness (QED) is 0.795. The minimum absolute atomic E-state index is 0.0216. The molecule has 138 valence electrons. The van der Waals surface area contributed by atoms with Crippen molar-refractivity contribution < 1.29 is 27.5 Å². The van der Waals surface area contributed by atoms with E-state index >= 15 is 0 Å².